The molecule has 0 radical (unpaired) electrons. The normalized spacial score (nSPS) is 43.7. The molecule has 4 aliphatic carbocycles. The van der Waals surface area contributed by atoms with Crippen molar-refractivity contribution in [2.24, 2.45) is 34.5 Å². The van der Waals surface area contributed by atoms with Crippen LogP contribution >= 0.6 is 0 Å². The number of allylic oxidation sites excluding steroid dienone is 4. The van der Waals surface area contributed by atoms with Crippen molar-refractivity contribution in [2.75, 3.05) is 13.2 Å². The molecule has 4 aliphatic rings. The largest absolute Gasteiger partial charge is 0.472 e. The van der Waals surface area contributed by atoms with Gasteiger partial charge in [0.15, 0.2) is 17.2 Å². The number of carbonyl (C=O) groups is 2. The zero-order valence-corrected chi connectivity index (χ0v) is 20.4. The van der Waals surface area contributed by atoms with Crippen LogP contribution in [-0.4, -0.2) is 63.1 Å². The standard InChI is InChI=1S/C27H33F2NO6/c1-25-10-23(34)27(29)19(9-21(28)20-8-17(32)3-5-26(20,27)2)18(25)7-16(24(25)22(33)13-31)12-30(35)11-15-4-6-36-14-15/h3-6,8,14,16,18-19,21,23-24,31,34-35H,7,9-13H2,1-2H3/t16-,18-,19-,21-,23-,24+,25-,26-,27-/m0/s1. The molecule has 3 saturated carbocycles. The number of hydroxylamine groups is 2. The SMILES string of the molecule is C[C@]12C[C@H](O)[C@@]3(F)[C@@H](C[C@H](F)C4=CC(=O)C=C[C@@]43C)[C@@H]1C[C@@H](CN(O)Cc1ccoc1)[C@@H]2C(=O)CO. The lowest BCUT2D eigenvalue weighted by molar-refractivity contribution is -0.202. The molecular weight excluding hydrogens is 472 g/mol. The molecule has 0 unspecified atom stereocenters. The van der Waals surface area contributed by atoms with E-state index in [0.29, 0.717) is 6.42 Å². The number of Topliss-reactive ketones (excluding diaryl/α,β-unsaturated/α-hetero) is 1. The molecule has 196 valence electrons. The van der Waals surface area contributed by atoms with Gasteiger partial charge in [-0.1, -0.05) is 13.0 Å². The maximum atomic E-state index is 17.3. The van der Waals surface area contributed by atoms with Gasteiger partial charge in [0.2, 0.25) is 0 Å². The fourth-order valence-electron chi connectivity index (χ4n) is 8.22. The average molecular weight is 506 g/mol. The Balaban J connectivity index is 1.51. The first-order chi connectivity index (χ1) is 17.0. The third kappa shape index (κ3) is 3.50. The second-order valence-electron chi connectivity index (χ2n) is 11.5. The Morgan fingerprint density at radius 1 is 1.28 bits per heavy atom. The molecule has 0 aliphatic heterocycles. The third-order valence-electron chi connectivity index (χ3n) is 9.69. The number of alkyl halides is 2. The minimum absolute atomic E-state index is 0.0493. The summed E-state index contributed by atoms with van der Waals surface area (Å²) in [6, 6.07) is 1.71. The van der Waals surface area contributed by atoms with E-state index >= 15 is 8.78 Å². The van der Waals surface area contributed by atoms with Crippen LogP contribution in [0.15, 0.2) is 46.8 Å². The molecule has 9 heteroatoms. The van der Waals surface area contributed by atoms with Crippen molar-refractivity contribution in [3.05, 3.63) is 48.0 Å². The maximum absolute atomic E-state index is 17.3. The first-order valence-electron chi connectivity index (χ1n) is 12.5. The molecule has 1 aromatic rings. The van der Waals surface area contributed by atoms with Crippen molar-refractivity contribution in [3.8, 4) is 0 Å². The van der Waals surface area contributed by atoms with Gasteiger partial charge >= 0.3 is 0 Å². The van der Waals surface area contributed by atoms with Gasteiger partial charge in [0.1, 0.15) is 12.8 Å². The fraction of sp³-hybridized carbons (Fsp3) is 0.630. The van der Waals surface area contributed by atoms with Crippen LogP contribution in [0.25, 0.3) is 0 Å². The van der Waals surface area contributed by atoms with E-state index in [1.54, 1.807) is 6.07 Å². The fourth-order valence-corrected chi connectivity index (χ4v) is 8.22. The van der Waals surface area contributed by atoms with Gasteiger partial charge in [-0.3, -0.25) is 9.59 Å². The zero-order chi connectivity index (χ0) is 26.0. The molecule has 3 fully saturated rings. The number of aliphatic hydroxyl groups is 2. The van der Waals surface area contributed by atoms with Gasteiger partial charge in [0.25, 0.3) is 0 Å². The van der Waals surface area contributed by atoms with Crippen LogP contribution in [-0.2, 0) is 16.1 Å². The Morgan fingerprint density at radius 3 is 2.69 bits per heavy atom. The molecule has 36 heavy (non-hydrogen) atoms. The second-order valence-corrected chi connectivity index (χ2v) is 11.5. The van der Waals surface area contributed by atoms with Crippen LogP contribution in [0.5, 0.6) is 0 Å². The summed E-state index contributed by atoms with van der Waals surface area (Å²) < 4.78 is 37.9. The van der Waals surface area contributed by atoms with Crippen LogP contribution in [0.4, 0.5) is 8.78 Å². The Morgan fingerprint density at radius 2 is 2.03 bits per heavy atom. The van der Waals surface area contributed by atoms with Crippen molar-refractivity contribution in [1.29, 1.82) is 0 Å². The zero-order valence-electron chi connectivity index (χ0n) is 20.4. The lowest BCUT2D eigenvalue weighted by Crippen LogP contribution is -2.68. The van der Waals surface area contributed by atoms with Gasteiger partial charge in [-0.15, -0.1) is 0 Å². The number of halogens is 2. The Bertz CT molecular complexity index is 1100. The molecular formula is C27H33F2NO6. The van der Waals surface area contributed by atoms with Gasteiger partial charge in [0, 0.05) is 29.4 Å². The van der Waals surface area contributed by atoms with Crippen molar-refractivity contribution in [2.45, 2.75) is 57.6 Å². The lowest BCUT2D eigenvalue weighted by Gasteiger charge is -2.62. The number of nitrogens with zero attached hydrogens (tertiary/aromatic N) is 1. The van der Waals surface area contributed by atoms with E-state index in [9.17, 15) is 25.0 Å². The number of hydrogen-bond acceptors (Lipinski definition) is 7. The summed E-state index contributed by atoms with van der Waals surface area (Å²) in [4.78, 5) is 25.0. The maximum Gasteiger partial charge on any atom is 0.178 e. The first-order valence-corrected chi connectivity index (χ1v) is 12.5. The smallest absolute Gasteiger partial charge is 0.178 e. The van der Waals surface area contributed by atoms with Gasteiger partial charge < -0.3 is 19.8 Å². The third-order valence-corrected chi connectivity index (χ3v) is 9.69. The van der Waals surface area contributed by atoms with Crippen molar-refractivity contribution >= 4 is 11.6 Å². The van der Waals surface area contributed by atoms with Crippen LogP contribution < -0.4 is 0 Å². The molecule has 0 aromatic carbocycles. The van der Waals surface area contributed by atoms with E-state index in [1.807, 2.05) is 6.92 Å². The highest BCUT2D eigenvalue weighted by atomic mass is 19.1. The summed E-state index contributed by atoms with van der Waals surface area (Å²) in [6.07, 6.45) is 3.77. The minimum atomic E-state index is -2.24. The number of fused-ring (bicyclic) bond motifs is 5. The number of rotatable bonds is 6. The lowest BCUT2D eigenvalue weighted by atomic mass is 9.45. The van der Waals surface area contributed by atoms with Crippen LogP contribution in [0.2, 0.25) is 0 Å². The summed E-state index contributed by atoms with van der Waals surface area (Å²) in [6.45, 7) is 2.89. The Hall–Kier alpha value is -2.20. The van der Waals surface area contributed by atoms with Crippen LogP contribution in [0.3, 0.4) is 0 Å². The van der Waals surface area contributed by atoms with Gasteiger partial charge in [-0.05, 0) is 67.2 Å². The van der Waals surface area contributed by atoms with Crippen molar-refractivity contribution < 1.29 is 38.2 Å². The topological polar surface area (TPSA) is 111 Å². The summed E-state index contributed by atoms with van der Waals surface area (Å²) >= 11 is 0. The second kappa shape index (κ2) is 8.68. The predicted molar refractivity (Wildman–Crippen MR) is 124 cm³/mol. The van der Waals surface area contributed by atoms with Gasteiger partial charge in [-0.2, -0.15) is 5.06 Å². The monoisotopic (exact) mass is 505 g/mol. The first kappa shape index (κ1) is 25.4. The molecule has 7 nitrogen and oxygen atoms in total. The quantitative estimate of drug-likeness (QED) is 0.509. The van der Waals surface area contributed by atoms with E-state index in [1.165, 1.54) is 31.6 Å². The van der Waals surface area contributed by atoms with Crippen LogP contribution in [0, 0.1) is 34.5 Å². The van der Waals surface area contributed by atoms with E-state index in [4.69, 9.17) is 4.42 Å². The van der Waals surface area contributed by atoms with E-state index in [2.05, 4.69) is 0 Å². The Labute approximate surface area is 208 Å². The summed E-state index contributed by atoms with van der Waals surface area (Å²) in [5.74, 6) is -3.39. The van der Waals surface area contributed by atoms with E-state index in [-0.39, 0.29) is 31.5 Å². The number of furan rings is 1. The highest BCUT2D eigenvalue weighted by Crippen LogP contribution is 2.70. The van der Waals surface area contributed by atoms with Gasteiger partial charge in [-0.25, -0.2) is 8.78 Å². The van der Waals surface area contributed by atoms with Crippen molar-refractivity contribution in [1.82, 2.24) is 5.06 Å². The number of hydrogen-bond donors (Lipinski definition) is 3. The molecule has 0 spiro atoms. The van der Waals surface area contributed by atoms with Crippen LogP contribution in [0.1, 0.15) is 38.7 Å². The molecule has 1 heterocycles. The number of ketones is 2. The molecule has 0 amide bonds. The van der Waals surface area contributed by atoms with Gasteiger partial charge in [0.05, 0.1) is 25.2 Å². The number of carbonyl (C=O) groups excluding carboxylic acids is 2. The molecule has 5 rings (SSSR count). The minimum Gasteiger partial charge on any atom is -0.472 e. The molecule has 9 atom stereocenters. The highest BCUT2D eigenvalue weighted by Gasteiger charge is 2.73. The summed E-state index contributed by atoms with van der Waals surface area (Å²) in [7, 11) is 0. The molecule has 1 aromatic heterocycles. The highest BCUT2D eigenvalue weighted by molar-refractivity contribution is 6.01. The number of aliphatic hydroxyl groups excluding tert-OH is 2. The molecule has 3 N–H and O–H groups in total. The average Bonchev–Trinajstić information content (AvgIpc) is 3.42. The molecule has 0 saturated heterocycles. The Kier molecular flexibility index (Phi) is 6.14. The summed E-state index contributed by atoms with van der Waals surface area (Å²) in [5, 5.41) is 32.9. The summed E-state index contributed by atoms with van der Waals surface area (Å²) in [5.41, 5.74) is -3.84. The molecule has 0 bridgehead atoms. The predicted octanol–water partition coefficient (Wildman–Crippen LogP) is 3.19. The van der Waals surface area contributed by atoms with Crippen molar-refractivity contribution in [3.63, 3.8) is 0 Å². The van der Waals surface area contributed by atoms with E-state index < -0.39 is 70.6 Å². The van der Waals surface area contributed by atoms with E-state index in [0.717, 1.165) is 16.7 Å².